The number of nitro groups is 1. The van der Waals surface area contributed by atoms with Crippen LogP contribution in [0, 0.1) is 16.0 Å². The fraction of sp³-hybridized carbons (Fsp3) is 0.611. The number of nitrogens with zero attached hydrogens (tertiary/aromatic N) is 1. The minimum atomic E-state index is -0.488. The van der Waals surface area contributed by atoms with Crippen molar-refractivity contribution >= 4 is 11.8 Å². The van der Waals surface area contributed by atoms with Gasteiger partial charge in [0.2, 0.25) is 0 Å². The molecule has 1 fully saturated rings. The topological polar surface area (TPSA) is 81.5 Å². The van der Waals surface area contributed by atoms with Gasteiger partial charge in [-0.3, -0.25) is 10.1 Å². The summed E-state index contributed by atoms with van der Waals surface area (Å²) >= 11 is 0. The summed E-state index contributed by atoms with van der Waals surface area (Å²) in [5, 5.41) is 13.6. The highest BCUT2D eigenvalue weighted by molar-refractivity contribution is 5.70. The van der Waals surface area contributed by atoms with E-state index in [9.17, 15) is 14.9 Å². The van der Waals surface area contributed by atoms with Crippen LogP contribution in [-0.2, 0) is 0 Å². The van der Waals surface area contributed by atoms with Crippen LogP contribution < -0.4 is 10.1 Å². The average molecular weight is 334 g/mol. The van der Waals surface area contributed by atoms with Gasteiger partial charge in [-0.15, -0.1) is 0 Å². The second-order valence-corrected chi connectivity index (χ2v) is 6.51. The molecule has 1 aromatic rings. The molecule has 0 bridgehead atoms. The third-order valence-electron chi connectivity index (χ3n) is 4.56. The van der Waals surface area contributed by atoms with Crippen molar-refractivity contribution in [1.82, 2.24) is 5.32 Å². The summed E-state index contributed by atoms with van der Waals surface area (Å²) in [6.45, 7) is 2.11. The molecule has 1 saturated carbocycles. The van der Waals surface area contributed by atoms with Crippen LogP contribution in [0.2, 0.25) is 0 Å². The smallest absolute Gasteiger partial charge is 0.410 e. The van der Waals surface area contributed by atoms with E-state index < -0.39 is 11.0 Å². The van der Waals surface area contributed by atoms with Crippen LogP contribution in [0.5, 0.6) is 5.75 Å². The van der Waals surface area contributed by atoms with E-state index in [0.29, 0.717) is 11.7 Å². The second-order valence-electron chi connectivity index (χ2n) is 6.51. The largest absolute Gasteiger partial charge is 0.412 e. The van der Waals surface area contributed by atoms with Crippen LogP contribution in [0.1, 0.15) is 58.3 Å². The number of amides is 1. The highest BCUT2D eigenvalue weighted by Crippen LogP contribution is 2.28. The number of benzene rings is 1. The first-order valence-corrected chi connectivity index (χ1v) is 8.81. The van der Waals surface area contributed by atoms with Gasteiger partial charge in [-0.1, -0.05) is 45.4 Å². The molecular weight excluding hydrogens is 308 g/mol. The van der Waals surface area contributed by atoms with Gasteiger partial charge >= 0.3 is 6.09 Å². The average Bonchev–Trinajstić information content (AvgIpc) is 2.56. The summed E-state index contributed by atoms with van der Waals surface area (Å²) in [7, 11) is 0. The molecule has 0 radical (unpaired) electrons. The van der Waals surface area contributed by atoms with E-state index in [4.69, 9.17) is 4.74 Å². The lowest BCUT2D eigenvalue weighted by Crippen LogP contribution is -2.38. The van der Waals surface area contributed by atoms with E-state index in [1.54, 1.807) is 0 Å². The summed E-state index contributed by atoms with van der Waals surface area (Å²) in [4.78, 5) is 22.2. The Morgan fingerprint density at radius 2 is 1.96 bits per heavy atom. The van der Waals surface area contributed by atoms with Crippen molar-refractivity contribution in [1.29, 1.82) is 0 Å². The predicted molar refractivity (Wildman–Crippen MR) is 92.1 cm³/mol. The molecule has 1 atom stereocenters. The Balaban J connectivity index is 1.85. The zero-order chi connectivity index (χ0) is 17.4. The molecule has 0 saturated heterocycles. The molecule has 6 heteroatoms. The van der Waals surface area contributed by atoms with Gasteiger partial charge in [0.05, 0.1) is 4.92 Å². The number of non-ortho nitro benzene ring substituents is 1. The van der Waals surface area contributed by atoms with Crippen molar-refractivity contribution in [3.05, 3.63) is 34.4 Å². The number of carbonyl (C=O) groups excluding carboxylic acids is 1. The maximum Gasteiger partial charge on any atom is 0.412 e. The standard InChI is InChI=1S/C18H26N2O4/c1-2-6-15(13-14-7-4-3-5-8-14)19-18(21)24-17-11-9-16(10-12-17)20(22)23/h9-12,14-15H,2-8,13H2,1H3,(H,19,21)/t15-/m1/s1. The number of ether oxygens (including phenoxy) is 1. The number of carbonyl (C=O) groups is 1. The van der Waals surface area contributed by atoms with Crippen LogP contribution >= 0.6 is 0 Å². The molecule has 0 heterocycles. The van der Waals surface area contributed by atoms with Gasteiger partial charge in [0.25, 0.3) is 5.69 Å². The van der Waals surface area contributed by atoms with Gasteiger partial charge < -0.3 is 10.1 Å². The highest BCUT2D eigenvalue weighted by atomic mass is 16.6. The van der Waals surface area contributed by atoms with Crippen LogP contribution in [0.25, 0.3) is 0 Å². The first-order chi connectivity index (χ1) is 11.6. The lowest BCUT2D eigenvalue weighted by atomic mass is 9.84. The normalized spacial score (nSPS) is 16.4. The van der Waals surface area contributed by atoms with Crippen molar-refractivity contribution in [2.24, 2.45) is 5.92 Å². The zero-order valence-electron chi connectivity index (χ0n) is 14.2. The zero-order valence-corrected chi connectivity index (χ0v) is 14.2. The lowest BCUT2D eigenvalue weighted by Gasteiger charge is -2.26. The Labute approximate surface area is 142 Å². The summed E-state index contributed by atoms with van der Waals surface area (Å²) in [5.41, 5.74) is -0.0242. The van der Waals surface area contributed by atoms with E-state index in [1.165, 1.54) is 56.4 Å². The van der Waals surface area contributed by atoms with Crippen LogP contribution in [0.4, 0.5) is 10.5 Å². The SMILES string of the molecule is CCC[C@H](CC1CCCCC1)NC(=O)Oc1ccc([N+](=O)[O-])cc1. The quantitative estimate of drug-likeness (QED) is 0.572. The van der Waals surface area contributed by atoms with E-state index in [1.807, 2.05) is 0 Å². The summed E-state index contributed by atoms with van der Waals surface area (Å²) in [5.74, 6) is 1.00. The van der Waals surface area contributed by atoms with Crippen molar-refractivity contribution < 1.29 is 14.5 Å². The Kier molecular flexibility index (Phi) is 7.03. The third-order valence-corrected chi connectivity index (χ3v) is 4.56. The molecule has 0 aromatic heterocycles. The van der Waals surface area contributed by atoms with Gasteiger partial charge in [0.1, 0.15) is 5.75 Å². The van der Waals surface area contributed by atoms with E-state index >= 15 is 0 Å². The van der Waals surface area contributed by atoms with Crippen LogP contribution in [0.15, 0.2) is 24.3 Å². The third kappa shape index (κ3) is 5.83. The molecular formula is C18H26N2O4. The summed E-state index contributed by atoms with van der Waals surface area (Å²) < 4.78 is 5.24. The number of hydrogen-bond acceptors (Lipinski definition) is 4. The maximum absolute atomic E-state index is 12.1. The van der Waals surface area contributed by atoms with Gasteiger partial charge in [-0.2, -0.15) is 0 Å². The molecule has 1 aromatic carbocycles. The number of nitro benzene ring substituents is 1. The maximum atomic E-state index is 12.1. The first kappa shape index (κ1) is 18.2. The molecule has 0 spiro atoms. The van der Waals surface area contributed by atoms with E-state index in [0.717, 1.165) is 19.3 Å². The fourth-order valence-electron chi connectivity index (χ4n) is 3.36. The summed E-state index contributed by atoms with van der Waals surface area (Å²) in [6, 6.07) is 5.66. The minimum Gasteiger partial charge on any atom is -0.410 e. The van der Waals surface area contributed by atoms with E-state index in [-0.39, 0.29) is 11.7 Å². The Morgan fingerprint density at radius 1 is 1.29 bits per heavy atom. The molecule has 6 nitrogen and oxygen atoms in total. The molecule has 1 aliphatic rings. The molecule has 0 aliphatic heterocycles. The molecule has 1 aliphatic carbocycles. The Bertz CT molecular complexity index is 538. The fourth-order valence-corrected chi connectivity index (χ4v) is 3.36. The van der Waals surface area contributed by atoms with Crippen LogP contribution in [-0.4, -0.2) is 17.1 Å². The van der Waals surface area contributed by atoms with Crippen molar-refractivity contribution in [2.45, 2.75) is 64.3 Å². The number of nitrogens with one attached hydrogen (secondary N) is 1. The number of rotatable bonds is 7. The van der Waals surface area contributed by atoms with Gasteiger partial charge in [0, 0.05) is 18.2 Å². The van der Waals surface area contributed by atoms with Crippen molar-refractivity contribution in [3.63, 3.8) is 0 Å². The predicted octanol–water partition coefficient (Wildman–Crippen LogP) is 4.82. The lowest BCUT2D eigenvalue weighted by molar-refractivity contribution is -0.384. The monoisotopic (exact) mass is 334 g/mol. The van der Waals surface area contributed by atoms with Gasteiger partial charge in [0.15, 0.2) is 0 Å². The highest BCUT2D eigenvalue weighted by Gasteiger charge is 2.20. The van der Waals surface area contributed by atoms with Crippen LogP contribution in [0.3, 0.4) is 0 Å². The molecule has 132 valence electrons. The molecule has 24 heavy (non-hydrogen) atoms. The van der Waals surface area contributed by atoms with E-state index in [2.05, 4.69) is 12.2 Å². The van der Waals surface area contributed by atoms with Crippen molar-refractivity contribution in [3.8, 4) is 5.75 Å². The van der Waals surface area contributed by atoms with Gasteiger partial charge in [-0.05, 0) is 30.9 Å². The molecule has 0 unspecified atom stereocenters. The number of hydrogen-bond donors (Lipinski definition) is 1. The molecule has 1 N–H and O–H groups in total. The first-order valence-electron chi connectivity index (χ1n) is 8.81. The Hall–Kier alpha value is -2.11. The second kappa shape index (κ2) is 9.25. The van der Waals surface area contributed by atoms with Gasteiger partial charge in [-0.25, -0.2) is 4.79 Å². The Morgan fingerprint density at radius 3 is 2.54 bits per heavy atom. The van der Waals surface area contributed by atoms with Crippen molar-refractivity contribution in [2.75, 3.05) is 0 Å². The molecule has 1 amide bonds. The molecule has 2 rings (SSSR count). The summed E-state index contributed by atoms with van der Waals surface area (Å²) in [6.07, 6.45) is 8.86. The minimum absolute atomic E-state index is 0.0242.